The van der Waals surface area contributed by atoms with Crippen LogP contribution in [0.15, 0.2) is 0 Å². The van der Waals surface area contributed by atoms with Crippen molar-refractivity contribution < 1.29 is 27.0 Å². The van der Waals surface area contributed by atoms with Gasteiger partial charge in [-0.05, 0) is 0 Å². The van der Waals surface area contributed by atoms with Crippen LogP contribution < -0.4 is 0 Å². The Hall–Kier alpha value is 0.149. The molecular formula is C2H5FeO2-. The topological polar surface area (TPSA) is 37.3 Å². The van der Waals surface area contributed by atoms with Crippen LogP contribution in [0.2, 0.25) is 0 Å². The molecule has 0 amide bonds. The van der Waals surface area contributed by atoms with Gasteiger partial charge in [0.2, 0.25) is 0 Å². The number of carbonyl (C=O) groups excluding carboxylic acids is 1. The van der Waals surface area contributed by atoms with Crippen LogP contribution in [-0.4, -0.2) is 19.0 Å². The molecule has 0 saturated carbocycles. The van der Waals surface area contributed by atoms with E-state index in [0.29, 0.717) is 0 Å². The monoisotopic (exact) mass is 117 g/mol. The molecule has 0 bridgehead atoms. The molecule has 5 heavy (non-hydrogen) atoms. The van der Waals surface area contributed by atoms with Crippen molar-refractivity contribution in [3.8, 4) is 0 Å². The Morgan fingerprint density at radius 1 is 1.40 bits per heavy atom. The summed E-state index contributed by atoms with van der Waals surface area (Å²) in [6.45, 7) is 3.25. The zero-order chi connectivity index (χ0) is 4.00. The average molecular weight is 117 g/mol. The second kappa shape index (κ2) is 1840. The van der Waals surface area contributed by atoms with Crippen LogP contribution in [0, 0.1) is 0 Å². The van der Waals surface area contributed by atoms with Crippen LogP contribution >= 0.6 is 0 Å². The predicted octanol–water partition coefficient (Wildman–Crippen LogP) is -0.668. The average Bonchev–Trinajstić information content (AvgIpc) is 1.50. The van der Waals surface area contributed by atoms with Crippen molar-refractivity contribution in [2.24, 2.45) is 0 Å². The molecule has 2 nitrogen and oxygen atoms in total. The van der Waals surface area contributed by atoms with Gasteiger partial charge in [0.1, 0.15) is 0 Å². The van der Waals surface area contributed by atoms with Crippen molar-refractivity contribution in [1.29, 1.82) is 0 Å². The van der Waals surface area contributed by atoms with Gasteiger partial charge in [-0.15, -0.1) is 0 Å². The van der Waals surface area contributed by atoms with E-state index >= 15 is 0 Å². The van der Waals surface area contributed by atoms with E-state index in [0.717, 1.165) is 7.11 Å². The van der Waals surface area contributed by atoms with Gasteiger partial charge in [0, 0.05) is 24.2 Å². The van der Waals surface area contributed by atoms with Gasteiger partial charge in [0.25, 0.3) is 0 Å². The first-order chi connectivity index (χ1) is 2.00. The van der Waals surface area contributed by atoms with E-state index in [-0.39, 0.29) is 17.1 Å². The van der Waals surface area contributed by atoms with Crippen molar-refractivity contribution in [2.45, 2.75) is 0 Å². The maximum Gasteiger partial charge on any atom is 0.0319 e. The van der Waals surface area contributed by atoms with Crippen LogP contribution in [0.5, 0.6) is 0 Å². The summed E-state index contributed by atoms with van der Waals surface area (Å²) >= 11 is 0. The molecule has 0 aliphatic carbocycles. The number of aliphatic hydroxyl groups excluding tert-OH is 1. The number of hydrogen-bond acceptors (Lipinski definition) is 2. The van der Waals surface area contributed by atoms with Gasteiger partial charge in [0.15, 0.2) is 0 Å². The van der Waals surface area contributed by atoms with Gasteiger partial charge in [-0.2, -0.15) is 0 Å². The molecule has 0 atom stereocenters. The van der Waals surface area contributed by atoms with E-state index < -0.39 is 0 Å². The fraction of sp³-hybridized carbons (Fsp3) is 0.500. The van der Waals surface area contributed by atoms with Gasteiger partial charge >= 0.3 is 0 Å². The van der Waals surface area contributed by atoms with Gasteiger partial charge < -0.3 is 9.90 Å². The standard InChI is InChI=1S/CH4O.CHO.Fe/c2*1-2;/h2H,1H3;1H;/q;-1;. The molecule has 0 aliphatic heterocycles. The largest absolute Gasteiger partial charge is 0.545 e. The normalized spacial score (nSPS) is 2.00. The van der Waals surface area contributed by atoms with Gasteiger partial charge in [-0.25, -0.2) is 0 Å². The van der Waals surface area contributed by atoms with Crippen LogP contribution in [0.3, 0.4) is 0 Å². The van der Waals surface area contributed by atoms with Crippen molar-refractivity contribution in [3.05, 3.63) is 0 Å². The first kappa shape index (κ1) is 19.2. The molecule has 0 radical (unpaired) electrons. The molecule has 3 heteroatoms. The SMILES string of the molecule is CO.[CH-]=O.[Fe]. The quantitative estimate of drug-likeness (QED) is 0.259. The summed E-state index contributed by atoms with van der Waals surface area (Å²) in [7, 11) is 1.00. The Morgan fingerprint density at radius 2 is 1.40 bits per heavy atom. The van der Waals surface area contributed by atoms with E-state index in [9.17, 15) is 0 Å². The summed E-state index contributed by atoms with van der Waals surface area (Å²) in [6.07, 6.45) is 0. The molecule has 0 fully saturated rings. The Kier molecular flexibility index (Phi) is 7070. The summed E-state index contributed by atoms with van der Waals surface area (Å²) in [5.74, 6) is 0. The zero-order valence-corrected chi connectivity index (χ0v) is 3.89. The maximum absolute atomic E-state index is 7.75. The molecular weight excluding hydrogens is 112 g/mol. The van der Waals surface area contributed by atoms with Crippen molar-refractivity contribution >= 4 is 6.79 Å². The summed E-state index contributed by atoms with van der Waals surface area (Å²) in [4.78, 5) is 7.75. The Morgan fingerprint density at radius 3 is 1.40 bits per heavy atom. The summed E-state index contributed by atoms with van der Waals surface area (Å²) in [5.41, 5.74) is 0. The van der Waals surface area contributed by atoms with Crippen LogP contribution in [-0.2, 0) is 21.9 Å². The molecule has 0 aliphatic rings. The number of aliphatic hydroxyl groups is 1. The van der Waals surface area contributed by atoms with Crippen LogP contribution in [0.4, 0.5) is 0 Å². The second-order valence-electron chi connectivity index (χ2n) is 0. The van der Waals surface area contributed by atoms with E-state index in [1.165, 1.54) is 0 Å². The molecule has 0 rings (SSSR count). The first-order valence-electron chi connectivity index (χ1n) is 0.683. The summed E-state index contributed by atoms with van der Waals surface area (Å²) in [5, 5.41) is 7.00. The molecule has 34 valence electrons. The van der Waals surface area contributed by atoms with Gasteiger partial charge in [-0.3, -0.25) is 6.79 Å². The predicted molar refractivity (Wildman–Crippen MR) is 14.9 cm³/mol. The van der Waals surface area contributed by atoms with Gasteiger partial charge in [-0.1, -0.05) is 0 Å². The first-order valence-corrected chi connectivity index (χ1v) is 0.683. The third kappa shape index (κ3) is 858. The molecule has 0 heterocycles. The Bertz CT molecular complexity index is 7.61. The number of rotatable bonds is 0. The molecule has 0 spiro atoms. The minimum absolute atomic E-state index is 0. The fourth-order valence-electron chi connectivity index (χ4n) is 0. The number of hydrogen-bond donors (Lipinski definition) is 1. The van der Waals surface area contributed by atoms with Crippen molar-refractivity contribution in [2.75, 3.05) is 7.11 Å². The summed E-state index contributed by atoms with van der Waals surface area (Å²) < 4.78 is 0. The third-order valence-corrected chi connectivity index (χ3v) is 0. The van der Waals surface area contributed by atoms with Crippen molar-refractivity contribution in [1.82, 2.24) is 0 Å². The second-order valence-corrected chi connectivity index (χ2v) is 0. The minimum Gasteiger partial charge on any atom is -0.545 e. The molecule has 1 N–H and O–H groups in total. The molecule has 0 aromatic carbocycles. The minimum atomic E-state index is 0. The van der Waals surface area contributed by atoms with Crippen LogP contribution in [0.25, 0.3) is 0 Å². The Balaban J connectivity index is -0.0000000133. The van der Waals surface area contributed by atoms with E-state index in [2.05, 4.69) is 6.79 Å². The molecule has 0 unspecified atom stereocenters. The van der Waals surface area contributed by atoms with E-state index in [4.69, 9.17) is 9.90 Å². The molecule has 0 aromatic heterocycles. The third-order valence-electron chi connectivity index (χ3n) is 0. The molecule has 0 saturated heterocycles. The van der Waals surface area contributed by atoms with Crippen LogP contribution in [0.1, 0.15) is 0 Å². The maximum atomic E-state index is 7.75. The van der Waals surface area contributed by atoms with Crippen molar-refractivity contribution in [3.63, 3.8) is 0 Å². The fourth-order valence-corrected chi connectivity index (χ4v) is 0. The molecule has 0 aromatic rings. The van der Waals surface area contributed by atoms with Gasteiger partial charge in [0.05, 0.1) is 0 Å². The summed E-state index contributed by atoms with van der Waals surface area (Å²) in [6, 6.07) is 0. The van der Waals surface area contributed by atoms with E-state index in [1.807, 2.05) is 0 Å². The smallest absolute Gasteiger partial charge is 0.0319 e. The Labute approximate surface area is 41.7 Å². The van der Waals surface area contributed by atoms with E-state index in [1.54, 1.807) is 0 Å². The zero-order valence-electron chi connectivity index (χ0n) is 2.79.